The monoisotopic (exact) mass is 409 g/mol. The fraction of sp³-hybridized carbons (Fsp3) is 0.0323. The van der Waals surface area contributed by atoms with E-state index in [9.17, 15) is 0 Å². The molecule has 1 aliphatic rings. The Balaban J connectivity index is 1.45. The predicted octanol–water partition coefficient (Wildman–Crippen LogP) is 8.39. The maximum atomic E-state index is 2.36. The fourth-order valence-electron chi connectivity index (χ4n) is 4.73. The van der Waals surface area contributed by atoms with Gasteiger partial charge in [-0.1, -0.05) is 84.9 Å². The minimum absolute atomic E-state index is 1.03. The van der Waals surface area contributed by atoms with Gasteiger partial charge >= 0.3 is 0 Å². The molecule has 1 heteroatoms. The topological polar surface area (TPSA) is 3.24 Å². The van der Waals surface area contributed by atoms with E-state index in [2.05, 4.69) is 132 Å². The summed E-state index contributed by atoms with van der Waals surface area (Å²) < 4.78 is 0. The van der Waals surface area contributed by atoms with Crippen LogP contribution in [0.3, 0.4) is 0 Å². The van der Waals surface area contributed by atoms with Crippen LogP contribution in [0.25, 0.3) is 22.3 Å². The largest absolute Gasteiger partial charge is 0.310 e. The Labute approximate surface area is 189 Å². The second-order valence-corrected chi connectivity index (χ2v) is 8.26. The molecule has 0 heterocycles. The number of anilines is 3. The highest BCUT2D eigenvalue weighted by Crippen LogP contribution is 2.40. The Hall–Kier alpha value is -4.10. The number of benzene rings is 5. The van der Waals surface area contributed by atoms with Gasteiger partial charge in [0, 0.05) is 17.1 Å². The molecule has 0 amide bonds. The van der Waals surface area contributed by atoms with Gasteiger partial charge in [-0.15, -0.1) is 0 Å². The summed E-state index contributed by atoms with van der Waals surface area (Å²) in [6.07, 6.45) is 1.03. The zero-order valence-electron chi connectivity index (χ0n) is 17.8. The molecule has 0 bridgehead atoms. The molecule has 0 saturated carbocycles. The van der Waals surface area contributed by atoms with Gasteiger partial charge in [-0.2, -0.15) is 0 Å². The van der Waals surface area contributed by atoms with Crippen molar-refractivity contribution >= 4 is 17.1 Å². The van der Waals surface area contributed by atoms with Gasteiger partial charge in [0.05, 0.1) is 0 Å². The first kappa shape index (κ1) is 18.7. The molecule has 1 nitrogen and oxygen atoms in total. The molecule has 6 rings (SSSR count). The zero-order valence-corrected chi connectivity index (χ0v) is 17.8. The Morgan fingerprint density at radius 2 is 1.00 bits per heavy atom. The average molecular weight is 410 g/mol. The summed E-state index contributed by atoms with van der Waals surface area (Å²) in [5.74, 6) is 0. The van der Waals surface area contributed by atoms with Crippen LogP contribution in [0.15, 0.2) is 127 Å². The zero-order chi connectivity index (χ0) is 21.3. The lowest BCUT2D eigenvalue weighted by atomic mass is 9.98. The molecule has 0 radical (unpaired) electrons. The van der Waals surface area contributed by atoms with Crippen molar-refractivity contribution in [2.24, 2.45) is 0 Å². The first-order valence-corrected chi connectivity index (χ1v) is 11.1. The lowest BCUT2D eigenvalue weighted by Crippen LogP contribution is -2.09. The van der Waals surface area contributed by atoms with Gasteiger partial charge in [-0.3, -0.25) is 0 Å². The standard InChI is InChI=1S/C31H23N/c1-3-12-27(13-4-1)32(28-14-5-2-6-15-28)29-16-9-11-23(21-29)24-18-19-26-20-25-10-7-8-17-30(25)31(26)22-24/h1-19,21-22H,20H2. The van der Waals surface area contributed by atoms with E-state index in [1.807, 2.05) is 0 Å². The van der Waals surface area contributed by atoms with Crippen LogP contribution in [-0.4, -0.2) is 0 Å². The number of nitrogens with zero attached hydrogens (tertiary/aromatic N) is 1. The quantitative estimate of drug-likeness (QED) is 0.282. The molecule has 1 aliphatic carbocycles. The number of para-hydroxylation sites is 2. The summed E-state index contributed by atoms with van der Waals surface area (Å²) in [5, 5.41) is 0. The summed E-state index contributed by atoms with van der Waals surface area (Å²) in [6, 6.07) is 45.6. The lowest BCUT2D eigenvalue weighted by molar-refractivity contribution is 1.26. The molecule has 32 heavy (non-hydrogen) atoms. The maximum absolute atomic E-state index is 2.36. The van der Waals surface area contributed by atoms with Gasteiger partial charge in [0.2, 0.25) is 0 Å². The number of fused-ring (bicyclic) bond motifs is 3. The van der Waals surface area contributed by atoms with Gasteiger partial charge in [0.15, 0.2) is 0 Å². The van der Waals surface area contributed by atoms with E-state index >= 15 is 0 Å². The summed E-state index contributed by atoms with van der Waals surface area (Å²) in [4.78, 5) is 2.31. The van der Waals surface area contributed by atoms with E-state index in [4.69, 9.17) is 0 Å². The maximum Gasteiger partial charge on any atom is 0.0467 e. The van der Waals surface area contributed by atoms with E-state index < -0.39 is 0 Å². The third kappa shape index (κ3) is 3.29. The minimum Gasteiger partial charge on any atom is -0.310 e. The molecule has 0 atom stereocenters. The van der Waals surface area contributed by atoms with Crippen LogP contribution in [0.2, 0.25) is 0 Å². The first-order chi connectivity index (χ1) is 15.9. The van der Waals surface area contributed by atoms with Crippen molar-refractivity contribution in [3.05, 3.63) is 139 Å². The van der Waals surface area contributed by atoms with Crippen LogP contribution in [0.1, 0.15) is 11.1 Å². The van der Waals surface area contributed by atoms with E-state index in [1.165, 1.54) is 33.4 Å². The highest BCUT2D eigenvalue weighted by Gasteiger charge is 2.19. The molecule has 0 saturated heterocycles. The van der Waals surface area contributed by atoms with E-state index in [-0.39, 0.29) is 0 Å². The van der Waals surface area contributed by atoms with Crippen LogP contribution in [0, 0.1) is 0 Å². The van der Waals surface area contributed by atoms with E-state index in [0.29, 0.717) is 0 Å². The van der Waals surface area contributed by atoms with Crippen molar-refractivity contribution in [1.29, 1.82) is 0 Å². The Morgan fingerprint density at radius 1 is 0.406 bits per heavy atom. The fourth-order valence-corrected chi connectivity index (χ4v) is 4.73. The van der Waals surface area contributed by atoms with E-state index in [0.717, 1.165) is 23.5 Å². The van der Waals surface area contributed by atoms with Crippen LogP contribution >= 0.6 is 0 Å². The predicted molar refractivity (Wildman–Crippen MR) is 135 cm³/mol. The van der Waals surface area contributed by atoms with Crippen LogP contribution in [-0.2, 0) is 6.42 Å². The molecule has 0 unspecified atom stereocenters. The second-order valence-electron chi connectivity index (χ2n) is 8.26. The van der Waals surface area contributed by atoms with Crippen LogP contribution < -0.4 is 4.90 Å². The van der Waals surface area contributed by atoms with Gasteiger partial charge in [-0.25, -0.2) is 0 Å². The summed E-state index contributed by atoms with van der Waals surface area (Å²) >= 11 is 0. The number of rotatable bonds is 4. The van der Waals surface area contributed by atoms with Crippen molar-refractivity contribution in [3.63, 3.8) is 0 Å². The summed E-state index contributed by atoms with van der Waals surface area (Å²) in [5.41, 5.74) is 11.5. The Bertz CT molecular complexity index is 1350. The third-order valence-electron chi connectivity index (χ3n) is 6.26. The first-order valence-electron chi connectivity index (χ1n) is 11.1. The summed E-state index contributed by atoms with van der Waals surface area (Å²) in [7, 11) is 0. The lowest BCUT2D eigenvalue weighted by Gasteiger charge is -2.26. The highest BCUT2D eigenvalue weighted by molar-refractivity contribution is 5.84. The van der Waals surface area contributed by atoms with Crippen molar-refractivity contribution in [2.75, 3.05) is 4.90 Å². The van der Waals surface area contributed by atoms with Gasteiger partial charge in [0.1, 0.15) is 0 Å². The molecule has 0 N–H and O–H groups in total. The molecule has 152 valence electrons. The van der Waals surface area contributed by atoms with Crippen molar-refractivity contribution in [1.82, 2.24) is 0 Å². The molecule has 0 spiro atoms. The molecular formula is C31H23N. The Kier molecular flexibility index (Phi) is 4.58. The Morgan fingerprint density at radius 3 is 1.75 bits per heavy atom. The number of hydrogen-bond acceptors (Lipinski definition) is 1. The smallest absolute Gasteiger partial charge is 0.0467 e. The molecule has 0 aliphatic heterocycles. The van der Waals surface area contributed by atoms with Crippen molar-refractivity contribution in [2.45, 2.75) is 6.42 Å². The van der Waals surface area contributed by atoms with Gasteiger partial charge in [0.25, 0.3) is 0 Å². The molecule has 0 aromatic heterocycles. The van der Waals surface area contributed by atoms with Crippen molar-refractivity contribution in [3.8, 4) is 22.3 Å². The SMILES string of the molecule is c1ccc(N(c2ccccc2)c2cccc(-c3ccc4c(c3)-c3ccccc3C4)c2)cc1. The molecule has 5 aromatic carbocycles. The second kappa shape index (κ2) is 7.86. The minimum atomic E-state index is 1.03. The highest BCUT2D eigenvalue weighted by atomic mass is 15.1. The van der Waals surface area contributed by atoms with Gasteiger partial charge in [-0.05, 0) is 82.3 Å². The van der Waals surface area contributed by atoms with Crippen LogP contribution in [0.4, 0.5) is 17.1 Å². The molecule has 5 aromatic rings. The molecule has 0 fully saturated rings. The number of hydrogen-bond donors (Lipinski definition) is 0. The summed E-state index contributed by atoms with van der Waals surface area (Å²) in [6.45, 7) is 0. The van der Waals surface area contributed by atoms with Gasteiger partial charge < -0.3 is 4.90 Å². The third-order valence-corrected chi connectivity index (χ3v) is 6.26. The van der Waals surface area contributed by atoms with E-state index in [1.54, 1.807) is 0 Å². The van der Waals surface area contributed by atoms with Crippen molar-refractivity contribution < 1.29 is 0 Å². The normalized spacial score (nSPS) is 11.6. The molecular weight excluding hydrogens is 386 g/mol. The van der Waals surface area contributed by atoms with Crippen LogP contribution in [0.5, 0.6) is 0 Å². The average Bonchev–Trinajstić information content (AvgIpc) is 3.24.